The molecule has 5 nitrogen and oxygen atoms in total. The number of hydrogen-bond donors (Lipinski definition) is 1. The van der Waals surface area contributed by atoms with E-state index in [1.807, 2.05) is 39.9 Å². The van der Waals surface area contributed by atoms with Crippen molar-refractivity contribution in [2.45, 2.75) is 19.4 Å². The molecule has 0 bridgehead atoms. The fourth-order valence-electron chi connectivity index (χ4n) is 3.06. The van der Waals surface area contributed by atoms with Crippen LogP contribution in [-0.2, 0) is 0 Å². The van der Waals surface area contributed by atoms with Crippen molar-refractivity contribution in [3.05, 3.63) is 48.0 Å². The summed E-state index contributed by atoms with van der Waals surface area (Å²) in [6.07, 6.45) is 0.822. The number of phenols is 1. The maximum Gasteiger partial charge on any atom is 0.260 e. The van der Waals surface area contributed by atoms with Gasteiger partial charge in [-0.05, 0) is 34.0 Å². The van der Waals surface area contributed by atoms with E-state index in [-0.39, 0.29) is 17.7 Å². The summed E-state index contributed by atoms with van der Waals surface area (Å²) in [7, 11) is 4.12. The number of benzene rings is 2. The molecule has 1 aliphatic heterocycles. The van der Waals surface area contributed by atoms with Crippen molar-refractivity contribution in [2.75, 3.05) is 23.2 Å². The number of nitrogens with zero attached hydrogens (tertiary/aromatic N) is 2. The molecule has 0 aliphatic carbocycles. The van der Waals surface area contributed by atoms with E-state index >= 15 is 0 Å². The van der Waals surface area contributed by atoms with Crippen molar-refractivity contribution in [3.63, 3.8) is 0 Å². The SMILES string of the molecule is CCC1CN(P)c2cc(O)c(OC)cc2C(=O)N1c1ccccc1. The fourth-order valence-corrected chi connectivity index (χ4v) is 3.52. The molecule has 0 saturated carbocycles. The minimum atomic E-state index is -0.0914. The van der Waals surface area contributed by atoms with Crippen LogP contribution in [0.4, 0.5) is 11.4 Å². The monoisotopic (exact) mass is 344 g/mol. The average Bonchev–Trinajstić information content (AvgIpc) is 2.70. The third kappa shape index (κ3) is 2.80. The molecule has 0 spiro atoms. The smallest absolute Gasteiger partial charge is 0.260 e. The van der Waals surface area contributed by atoms with E-state index in [1.54, 1.807) is 12.1 Å². The molecule has 2 aromatic rings. The maximum atomic E-state index is 13.3. The van der Waals surface area contributed by atoms with Crippen LogP contribution in [0.1, 0.15) is 23.7 Å². The van der Waals surface area contributed by atoms with Gasteiger partial charge in [-0.25, -0.2) is 0 Å². The zero-order valence-corrected chi connectivity index (χ0v) is 14.9. The maximum absolute atomic E-state index is 13.3. The summed E-state index contributed by atoms with van der Waals surface area (Å²) in [5.74, 6) is 0.229. The second-order valence-electron chi connectivity index (χ2n) is 5.77. The van der Waals surface area contributed by atoms with Crippen LogP contribution < -0.4 is 14.3 Å². The number of methoxy groups -OCH3 is 1. The van der Waals surface area contributed by atoms with Crippen molar-refractivity contribution in [1.82, 2.24) is 0 Å². The van der Waals surface area contributed by atoms with E-state index in [2.05, 4.69) is 16.3 Å². The first-order valence-electron chi connectivity index (χ1n) is 7.88. The third-order valence-corrected chi connectivity index (χ3v) is 4.82. The molecule has 24 heavy (non-hydrogen) atoms. The van der Waals surface area contributed by atoms with Crippen molar-refractivity contribution < 1.29 is 14.6 Å². The predicted molar refractivity (Wildman–Crippen MR) is 99.0 cm³/mol. The first-order valence-corrected chi connectivity index (χ1v) is 8.40. The summed E-state index contributed by atoms with van der Waals surface area (Å²) < 4.78 is 7.12. The van der Waals surface area contributed by atoms with E-state index in [0.29, 0.717) is 23.5 Å². The van der Waals surface area contributed by atoms with Crippen molar-refractivity contribution >= 4 is 26.7 Å². The van der Waals surface area contributed by atoms with E-state index in [0.717, 1.165) is 12.1 Å². The lowest BCUT2D eigenvalue weighted by molar-refractivity contribution is 0.0979. The lowest BCUT2D eigenvalue weighted by atomic mass is 10.1. The van der Waals surface area contributed by atoms with Gasteiger partial charge in [0.2, 0.25) is 0 Å². The quantitative estimate of drug-likeness (QED) is 0.867. The van der Waals surface area contributed by atoms with Crippen molar-refractivity contribution in [1.29, 1.82) is 0 Å². The minimum absolute atomic E-state index is 0.0257. The standard InChI is InChI=1S/C18H21N2O3P/c1-3-12-11-19(24)15-10-16(21)17(23-2)9-14(15)18(22)20(12)13-7-5-4-6-8-13/h4-10,12,21H,3,11,24H2,1-2H3. The molecule has 0 fully saturated rings. The summed E-state index contributed by atoms with van der Waals surface area (Å²) >= 11 is 0. The van der Waals surface area contributed by atoms with Crippen molar-refractivity contribution in [3.8, 4) is 11.5 Å². The van der Waals surface area contributed by atoms with Gasteiger partial charge >= 0.3 is 0 Å². The summed E-state index contributed by atoms with van der Waals surface area (Å²) in [5, 5.41) is 10.1. The van der Waals surface area contributed by atoms with Crippen LogP contribution in [-0.4, -0.2) is 30.7 Å². The number of hydrogen-bond acceptors (Lipinski definition) is 4. The third-order valence-electron chi connectivity index (χ3n) is 4.33. The highest BCUT2D eigenvalue weighted by atomic mass is 31.0. The largest absolute Gasteiger partial charge is 0.504 e. The Kier molecular flexibility index (Phi) is 4.63. The Bertz CT molecular complexity index is 751. The van der Waals surface area contributed by atoms with Crippen LogP contribution in [0.15, 0.2) is 42.5 Å². The van der Waals surface area contributed by atoms with E-state index < -0.39 is 0 Å². The van der Waals surface area contributed by atoms with E-state index in [9.17, 15) is 9.90 Å². The Balaban J connectivity index is 2.17. The Hall–Kier alpha value is -2.26. The number of ether oxygens (including phenoxy) is 1. The van der Waals surface area contributed by atoms with Crippen LogP contribution in [0.3, 0.4) is 0 Å². The van der Waals surface area contributed by atoms with Gasteiger partial charge in [0, 0.05) is 18.3 Å². The molecule has 1 N–H and O–H groups in total. The highest BCUT2D eigenvalue weighted by Crippen LogP contribution is 2.39. The molecule has 0 aromatic heterocycles. The molecule has 3 rings (SSSR count). The number of aromatic hydroxyl groups is 1. The molecular weight excluding hydrogens is 323 g/mol. The summed E-state index contributed by atoms with van der Waals surface area (Å²) in [4.78, 5) is 15.1. The molecule has 0 saturated heterocycles. The molecule has 2 aromatic carbocycles. The normalized spacial score (nSPS) is 17.5. The molecule has 2 atom stereocenters. The summed E-state index contributed by atoms with van der Waals surface area (Å²) in [6.45, 7) is 2.72. The first-order chi connectivity index (χ1) is 11.6. The zero-order chi connectivity index (χ0) is 17.3. The zero-order valence-electron chi connectivity index (χ0n) is 13.8. The van der Waals surface area contributed by atoms with E-state index in [1.165, 1.54) is 7.11 Å². The number of anilines is 2. The van der Waals surface area contributed by atoms with Crippen LogP contribution in [0.25, 0.3) is 0 Å². The van der Waals surface area contributed by atoms with Crippen molar-refractivity contribution in [2.24, 2.45) is 0 Å². The lowest BCUT2D eigenvalue weighted by Crippen LogP contribution is -2.42. The summed E-state index contributed by atoms with van der Waals surface area (Å²) in [6, 6.07) is 12.9. The fraction of sp³-hybridized carbons (Fsp3) is 0.278. The highest BCUT2D eigenvalue weighted by Gasteiger charge is 2.33. The molecule has 0 radical (unpaired) electrons. The average molecular weight is 344 g/mol. The minimum Gasteiger partial charge on any atom is -0.504 e. The molecule has 1 aliphatic rings. The van der Waals surface area contributed by atoms with Gasteiger partial charge in [-0.3, -0.25) is 4.79 Å². The van der Waals surface area contributed by atoms with Gasteiger partial charge < -0.3 is 19.4 Å². The first kappa shape index (κ1) is 16.6. The van der Waals surface area contributed by atoms with Crippen LogP contribution in [0, 0.1) is 0 Å². The Morgan fingerprint density at radius 1 is 1.29 bits per heavy atom. The molecule has 1 heterocycles. The van der Waals surface area contributed by atoms with Crippen LogP contribution in [0.5, 0.6) is 11.5 Å². The Morgan fingerprint density at radius 3 is 2.62 bits per heavy atom. The molecule has 126 valence electrons. The van der Waals surface area contributed by atoms with Gasteiger partial charge in [0.25, 0.3) is 5.91 Å². The van der Waals surface area contributed by atoms with Crippen LogP contribution in [0.2, 0.25) is 0 Å². The number of para-hydroxylation sites is 1. The Labute approximate surface area is 144 Å². The number of phenolic OH excluding ortho intramolecular Hbond substituents is 1. The van der Waals surface area contributed by atoms with Gasteiger partial charge in [-0.15, -0.1) is 0 Å². The van der Waals surface area contributed by atoms with Gasteiger partial charge in [0.05, 0.1) is 24.4 Å². The summed E-state index contributed by atoms with van der Waals surface area (Å²) in [5.41, 5.74) is 2.06. The number of fused-ring (bicyclic) bond motifs is 1. The van der Waals surface area contributed by atoms with Gasteiger partial charge in [-0.2, -0.15) is 0 Å². The topological polar surface area (TPSA) is 53.0 Å². The number of amides is 1. The van der Waals surface area contributed by atoms with Gasteiger partial charge in [-0.1, -0.05) is 25.1 Å². The molecular formula is C18H21N2O3P. The predicted octanol–water partition coefficient (Wildman–Crippen LogP) is 3.44. The molecule has 1 amide bonds. The van der Waals surface area contributed by atoms with Gasteiger partial charge in [0.1, 0.15) is 0 Å². The number of carbonyl (C=O) groups is 1. The second kappa shape index (κ2) is 6.70. The van der Waals surface area contributed by atoms with Gasteiger partial charge in [0.15, 0.2) is 11.5 Å². The van der Waals surface area contributed by atoms with E-state index in [4.69, 9.17) is 4.74 Å². The van der Waals surface area contributed by atoms with Crippen LogP contribution >= 0.6 is 9.39 Å². The second-order valence-corrected chi connectivity index (χ2v) is 6.39. The number of carbonyl (C=O) groups excluding carboxylic acids is 1. The molecule has 6 heteroatoms. The number of rotatable bonds is 3. The lowest BCUT2D eigenvalue weighted by Gasteiger charge is -2.30. The molecule has 2 unspecified atom stereocenters. The highest BCUT2D eigenvalue weighted by molar-refractivity contribution is 7.19. The Morgan fingerprint density at radius 2 is 2.00 bits per heavy atom.